The number of rotatable bonds is 3. The molecular formula is C9H8FIO. The van der Waals surface area contributed by atoms with Crippen molar-refractivity contribution in [3.8, 4) is 0 Å². The number of Topliss-reactive ketones (excluding diaryl/α,β-unsaturated/α-hetero) is 1. The quantitative estimate of drug-likeness (QED) is 0.613. The van der Waals surface area contributed by atoms with Gasteiger partial charge in [-0.25, -0.2) is 4.39 Å². The number of alkyl halides is 1. The van der Waals surface area contributed by atoms with Crippen LogP contribution in [0, 0.1) is 5.82 Å². The maximum atomic E-state index is 12.4. The standard InChI is InChI=1S/C9H8FIO/c10-8-3-1-7(2-4-8)5-9(12)6-11/h1-4H,5-6H2. The largest absolute Gasteiger partial charge is 0.298 e. The molecule has 3 heteroatoms. The average Bonchev–Trinajstić information content (AvgIpc) is 2.09. The van der Waals surface area contributed by atoms with Crippen LogP contribution in [0.15, 0.2) is 24.3 Å². The second kappa shape index (κ2) is 4.54. The van der Waals surface area contributed by atoms with Crippen molar-refractivity contribution in [2.45, 2.75) is 6.42 Å². The molecule has 0 amide bonds. The van der Waals surface area contributed by atoms with Crippen LogP contribution in [0.5, 0.6) is 0 Å². The Hall–Kier alpha value is -0.450. The molecule has 12 heavy (non-hydrogen) atoms. The van der Waals surface area contributed by atoms with Crippen LogP contribution in [-0.4, -0.2) is 10.2 Å². The average molecular weight is 278 g/mol. The first-order valence-electron chi connectivity index (χ1n) is 3.54. The van der Waals surface area contributed by atoms with Crippen LogP contribution in [0.4, 0.5) is 4.39 Å². The number of hydrogen-bond acceptors (Lipinski definition) is 1. The maximum Gasteiger partial charge on any atom is 0.146 e. The van der Waals surface area contributed by atoms with E-state index in [2.05, 4.69) is 0 Å². The Morgan fingerprint density at radius 1 is 1.33 bits per heavy atom. The van der Waals surface area contributed by atoms with E-state index in [0.29, 0.717) is 10.8 Å². The molecule has 1 nitrogen and oxygen atoms in total. The molecule has 64 valence electrons. The molecule has 0 spiro atoms. The highest BCUT2D eigenvalue weighted by Gasteiger charge is 2.00. The molecule has 0 N–H and O–H groups in total. The molecule has 0 aliphatic carbocycles. The predicted molar refractivity (Wildman–Crippen MR) is 54.0 cm³/mol. The molecule has 0 radical (unpaired) electrons. The summed E-state index contributed by atoms with van der Waals surface area (Å²) in [6.45, 7) is 0. The van der Waals surface area contributed by atoms with Gasteiger partial charge in [0.1, 0.15) is 11.6 Å². The first kappa shape index (κ1) is 9.64. The zero-order chi connectivity index (χ0) is 8.97. The van der Waals surface area contributed by atoms with Crippen molar-refractivity contribution < 1.29 is 9.18 Å². The van der Waals surface area contributed by atoms with E-state index in [4.69, 9.17) is 0 Å². The molecule has 0 aromatic heterocycles. The van der Waals surface area contributed by atoms with Crippen LogP contribution in [0.2, 0.25) is 0 Å². The van der Waals surface area contributed by atoms with Crippen molar-refractivity contribution >= 4 is 28.4 Å². The molecular weight excluding hydrogens is 270 g/mol. The predicted octanol–water partition coefficient (Wildman–Crippen LogP) is 2.37. The van der Waals surface area contributed by atoms with Crippen molar-refractivity contribution in [3.05, 3.63) is 35.6 Å². The van der Waals surface area contributed by atoms with Gasteiger partial charge in [-0.15, -0.1) is 0 Å². The summed E-state index contributed by atoms with van der Waals surface area (Å²) in [5, 5.41) is 0. The van der Waals surface area contributed by atoms with Gasteiger partial charge < -0.3 is 0 Å². The number of benzene rings is 1. The van der Waals surface area contributed by atoms with E-state index in [-0.39, 0.29) is 11.6 Å². The van der Waals surface area contributed by atoms with Crippen LogP contribution in [0.1, 0.15) is 5.56 Å². The molecule has 0 atom stereocenters. The van der Waals surface area contributed by atoms with Gasteiger partial charge in [0.15, 0.2) is 0 Å². The lowest BCUT2D eigenvalue weighted by molar-refractivity contribution is -0.115. The van der Waals surface area contributed by atoms with E-state index in [0.717, 1.165) is 5.56 Å². The molecule has 0 aliphatic rings. The molecule has 0 heterocycles. The van der Waals surface area contributed by atoms with Gasteiger partial charge in [0, 0.05) is 6.42 Å². The third-order valence-corrected chi connectivity index (χ3v) is 2.31. The second-order valence-electron chi connectivity index (χ2n) is 2.48. The van der Waals surface area contributed by atoms with Crippen LogP contribution in [0.25, 0.3) is 0 Å². The fourth-order valence-corrected chi connectivity index (χ4v) is 1.15. The lowest BCUT2D eigenvalue weighted by Crippen LogP contribution is -2.02. The van der Waals surface area contributed by atoms with Crippen LogP contribution >= 0.6 is 22.6 Å². The highest BCUT2D eigenvalue weighted by molar-refractivity contribution is 14.1. The smallest absolute Gasteiger partial charge is 0.146 e. The Bertz CT molecular complexity index is 268. The third-order valence-electron chi connectivity index (χ3n) is 1.46. The minimum Gasteiger partial charge on any atom is -0.298 e. The number of ketones is 1. The monoisotopic (exact) mass is 278 g/mol. The van der Waals surface area contributed by atoms with Gasteiger partial charge in [-0.2, -0.15) is 0 Å². The van der Waals surface area contributed by atoms with Gasteiger partial charge in [-0.05, 0) is 17.7 Å². The number of hydrogen-bond donors (Lipinski definition) is 0. The molecule has 1 rings (SSSR count). The molecule has 0 aliphatic heterocycles. The Kier molecular flexibility index (Phi) is 3.65. The van der Waals surface area contributed by atoms with E-state index in [1.165, 1.54) is 12.1 Å². The van der Waals surface area contributed by atoms with E-state index >= 15 is 0 Å². The Morgan fingerprint density at radius 3 is 2.42 bits per heavy atom. The second-order valence-corrected chi connectivity index (χ2v) is 3.24. The van der Waals surface area contributed by atoms with E-state index in [1.54, 1.807) is 12.1 Å². The van der Waals surface area contributed by atoms with Gasteiger partial charge in [0.25, 0.3) is 0 Å². The summed E-state index contributed by atoms with van der Waals surface area (Å²) >= 11 is 2.02. The summed E-state index contributed by atoms with van der Waals surface area (Å²) in [7, 11) is 0. The molecule has 0 bridgehead atoms. The fourth-order valence-electron chi connectivity index (χ4n) is 0.877. The summed E-state index contributed by atoms with van der Waals surface area (Å²) in [5.41, 5.74) is 0.873. The third kappa shape index (κ3) is 2.89. The maximum absolute atomic E-state index is 12.4. The summed E-state index contributed by atoms with van der Waals surface area (Å²) in [4.78, 5) is 11.0. The van der Waals surface area contributed by atoms with Crippen LogP contribution in [0.3, 0.4) is 0 Å². The van der Waals surface area contributed by atoms with Gasteiger partial charge >= 0.3 is 0 Å². The van der Waals surface area contributed by atoms with E-state index in [1.807, 2.05) is 22.6 Å². The van der Waals surface area contributed by atoms with Crippen LogP contribution < -0.4 is 0 Å². The normalized spacial score (nSPS) is 9.83. The molecule has 1 aromatic rings. The van der Waals surface area contributed by atoms with Crippen molar-refractivity contribution in [1.29, 1.82) is 0 Å². The zero-order valence-corrected chi connectivity index (χ0v) is 8.55. The van der Waals surface area contributed by atoms with Gasteiger partial charge in [-0.3, -0.25) is 4.79 Å². The van der Waals surface area contributed by atoms with Crippen molar-refractivity contribution in [2.75, 3.05) is 4.43 Å². The molecule has 0 unspecified atom stereocenters. The molecule has 1 aromatic carbocycles. The molecule has 0 saturated carbocycles. The minimum atomic E-state index is -0.263. The highest BCUT2D eigenvalue weighted by atomic mass is 127. The number of carbonyl (C=O) groups is 1. The molecule has 0 saturated heterocycles. The topological polar surface area (TPSA) is 17.1 Å². The number of halogens is 2. The van der Waals surface area contributed by atoms with Crippen LogP contribution in [-0.2, 0) is 11.2 Å². The fraction of sp³-hybridized carbons (Fsp3) is 0.222. The van der Waals surface area contributed by atoms with Gasteiger partial charge in [0.2, 0.25) is 0 Å². The first-order chi connectivity index (χ1) is 5.72. The lowest BCUT2D eigenvalue weighted by atomic mass is 10.1. The van der Waals surface area contributed by atoms with Gasteiger partial charge in [-0.1, -0.05) is 34.7 Å². The van der Waals surface area contributed by atoms with Crippen molar-refractivity contribution in [3.63, 3.8) is 0 Å². The Balaban J connectivity index is 2.64. The first-order valence-corrected chi connectivity index (χ1v) is 5.07. The zero-order valence-electron chi connectivity index (χ0n) is 6.39. The Labute approximate surface area is 84.1 Å². The lowest BCUT2D eigenvalue weighted by Gasteiger charge is -1.97. The summed E-state index contributed by atoms with van der Waals surface area (Å²) < 4.78 is 12.9. The SMILES string of the molecule is O=C(CI)Cc1ccc(F)cc1. The minimum absolute atomic E-state index is 0.169. The van der Waals surface area contributed by atoms with Gasteiger partial charge in [0.05, 0.1) is 4.43 Å². The van der Waals surface area contributed by atoms with Crippen molar-refractivity contribution in [1.82, 2.24) is 0 Å². The number of carbonyl (C=O) groups excluding carboxylic acids is 1. The van der Waals surface area contributed by atoms with Crippen molar-refractivity contribution in [2.24, 2.45) is 0 Å². The summed E-state index contributed by atoms with van der Waals surface area (Å²) in [6.07, 6.45) is 0.406. The van der Waals surface area contributed by atoms with E-state index < -0.39 is 0 Å². The Morgan fingerprint density at radius 2 is 1.92 bits per heavy atom. The summed E-state index contributed by atoms with van der Waals surface area (Å²) in [5.74, 6) is -0.0946. The summed E-state index contributed by atoms with van der Waals surface area (Å²) in [6, 6.07) is 6.02. The molecule has 0 fully saturated rings. The highest BCUT2D eigenvalue weighted by Crippen LogP contribution is 2.04. The van der Waals surface area contributed by atoms with E-state index in [9.17, 15) is 9.18 Å².